The molecular weight excluding hydrogens is 490 g/mol. The molecule has 2 fully saturated rings. The van der Waals surface area contributed by atoms with Crippen molar-refractivity contribution >= 4 is 39.2 Å². The van der Waals surface area contributed by atoms with Crippen molar-refractivity contribution in [2.75, 3.05) is 46.0 Å². The highest BCUT2D eigenvalue weighted by atomic mass is 32.2. The molecule has 0 saturated carbocycles. The highest BCUT2D eigenvalue weighted by Gasteiger charge is 2.21. The summed E-state index contributed by atoms with van der Waals surface area (Å²) in [6.45, 7) is 3.67. The molecule has 0 amide bonds. The Morgan fingerprint density at radius 1 is 0.784 bits per heavy atom. The first-order valence-corrected chi connectivity index (χ1v) is 14.5. The van der Waals surface area contributed by atoms with Crippen LogP contribution in [0.4, 0.5) is 29.2 Å². The second-order valence-electron chi connectivity index (χ2n) is 9.56. The molecule has 0 spiro atoms. The summed E-state index contributed by atoms with van der Waals surface area (Å²) < 4.78 is 27.7. The van der Waals surface area contributed by atoms with Crippen LogP contribution in [0.15, 0.2) is 48.5 Å². The summed E-state index contributed by atoms with van der Waals surface area (Å²) in [6, 6.07) is 13.6. The number of phenolic OH excluding ortho intramolecular Hbond substituents is 1. The van der Waals surface area contributed by atoms with Gasteiger partial charge in [0, 0.05) is 37.9 Å². The van der Waals surface area contributed by atoms with E-state index in [4.69, 9.17) is 4.98 Å². The van der Waals surface area contributed by atoms with E-state index in [0.717, 1.165) is 51.9 Å². The van der Waals surface area contributed by atoms with E-state index in [1.54, 1.807) is 30.3 Å². The first-order chi connectivity index (χ1) is 17.9. The number of benzene rings is 2. The summed E-state index contributed by atoms with van der Waals surface area (Å²) >= 11 is 0. The highest BCUT2D eigenvalue weighted by Crippen LogP contribution is 2.30. The van der Waals surface area contributed by atoms with Crippen LogP contribution in [0.5, 0.6) is 5.75 Å². The largest absolute Gasteiger partial charge is 0.506 e. The van der Waals surface area contributed by atoms with Gasteiger partial charge in [0.05, 0.1) is 11.4 Å². The van der Waals surface area contributed by atoms with E-state index in [2.05, 4.69) is 29.8 Å². The molecule has 2 aliphatic heterocycles. The Balaban J connectivity index is 1.34. The highest BCUT2D eigenvalue weighted by molar-refractivity contribution is 7.91. The van der Waals surface area contributed by atoms with E-state index in [0.29, 0.717) is 29.1 Å². The molecule has 0 aliphatic carbocycles. The van der Waals surface area contributed by atoms with Crippen molar-refractivity contribution in [1.29, 1.82) is 0 Å². The second kappa shape index (κ2) is 11.2. The van der Waals surface area contributed by atoms with Crippen molar-refractivity contribution in [3.05, 3.63) is 54.1 Å². The zero-order valence-electron chi connectivity index (χ0n) is 20.8. The standard InChI is InChI=1S/C26H33N7O3S/c34-23-18-21(12-13-22(23)31-37(35,36)19-20-10-4-1-5-11-20)27-24-28-25(32-14-6-2-7-15-32)30-26(29-24)33-16-8-3-9-17-33/h1,4-5,10-13,18,31,34H,2-3,6-9,14-17,19H2,(H,27,28,29,30). The summed E-state index contributed by atoms with van der Waals surface area (Å²) in [5, 5.41) is 13.8. The van der Waals surface area contributed by atoms with E-state index in [1.165, 1.54) is 25.0 Å². The quantitative estimate of drug-likeness (QED) is 0.372. The molecule has 3 aromatic rings. The lowest BCUT2D eigenvalue weighted by Crippen LogP contribution is -2.34. The Bertz CT molecular complexity index is 1270. The third-order valence-corrected chi connectivity index (χ3v) is 7.85. The summed E-state index contributed by atoms with van der Waals surface area (Å²) in [5.74, 6) is 1.34. The normalized spacial score (nSPS) is 16.4. The van der Waals surface area contributed by atoms with Gasteiger partial charge in [-0.3, -0.25) is 4.72 Å². The second-order valence-corrected chi connectivity index (χ2v) is 11.3. The van der Waals surface area contributed by atoms with Crippen molar-refractivity contribution in [1.82, 2.24) is 15.0 Å². The van der Waals surface area contributed by atoms with Crippen LogP contribution in [0.25, 0.3) is 0 Å². The fraction of sp³-hybridized carbons (Fsp3) is 0.423. The molecule has 3 heterocycles. The number of nitrogens with one attached hydrogen (secondary N) is 2. The Hall–Kier alpha value is -3.60. The Morgan fingerprint density at radius 3 is 1.95 bits per heavy atom. The van der Waals surface area contributed by atoms with Gasteiger partial charge in [-0.25, -0.2) is 8.42 Å². The van der Waals surface area contributed by atoms with Gasteiger partial charge in [0.15, 0.2) is 0 Å². The average molecular weight is 524 g/mol. The van der Waals surface area contributed by atoms with Gasteiger partial charge in [0.25, 0.3) is 0 Å². The van der Waals surface area contributed by atoms with Crippen LogP contribution < -0.4 is 19.8 Å². The van der Waals surface area contributed by atoms with Gasteiger partial charge in [-0.15, -0.1) is 0 Å². The molecule has 0 bridgehead atoms. The van der Waals surface area contributed by atoms with Crippen LogP contribution in [-0.2, 0) is 15.8 Å². The first kappa shape index (κ1) is 25.1. The van der Waals surface area contributed by atoms with Gasteiger partial charge < -0.3 is 20.2 Å². The fourth-order valence-corrected chi connectivity index (χ4v) is 5.91. The van der Waals surface area contributed by atoms with Crippen molar-refractivity contribution < 1.29 is 13.5 Å². The Labute approximate surface area is 217 Å². The van der Waals surface area contributed by atoms with Gasteiger partial charge in [-0.2, -0.15) is 15.0 Å². The van der Waals surface area contributed by atoms with Crippen molar-refractivity contribution in [2.45, 2.75) is 44.3 Å². The van der Waals surface area contributed by atoms with E-state index in [9.17, 15) is 13.5 Å². The molecular formula is C26H33N7O3S. The minimum atomic E-state index is -3.69. The maximum absolute atomic E-state index is 12.6. The molecule has 0 unspecified atom stereocenters. The lowest BCUT2D eigenvalue weighted by Gasteiger charge is -2.30. The van der Waals surface area contributed by atoms with Crippen LogP contribution in [0.1, 0.15) is 44.1 Å². The number of rotatable bonds is 8. The van der Waals surface area contributed by atoms with E-state index >= 15 is 0 Å². The molecule has 0 radical (unpaired) electrons. The number of aromatic hydroxyl groups is 1. The smallest absolute Gasteiger partial charge is 0.237 e. The lowest BCUT2D eigenvalue weighted by atomic mass is 10.1. The van der Waals surface area contributed by atoms with Crippen LogP contribution >= 0.6 is 0 Å². The molecule has 3 N–H and O–H groups in total. The number of aromatic nitrogens is 3. The number of hydrogen-bond donors (Lipinski definition) is 3. The van der Waals surface area contributed by atoms with E-state index in [-0.39, 0.29) is 17.2 Å². The predicted molar refractivity (Wildman–Crippen MR) is 146 cm³/mol. The zero-order valence-corrected chi connectivity index (χ0v) is 21.6. The summed E-state index contributed by atoms with van der Waals surface area (Å²) in [5.41, 5.74) is 1.32. The zero-order chi connectivity index (χ0) is 25.7. The van der Waals surface area contributed by atoms with Gasteiger partial charge in [0.1, 0.15) is 5.75 Å². The summed E-state index contributed by atoms with van der Waals surface area (Å²) in [7, 11) is -3.69. The molecule has 37 heavy (non-hydrogen) atoms. The van der Waals surface area contributed by atoms with Gasteiger partial charge >= 0.3 is 0 Å². The molecule has 5 rings (SSSR count). The number of piperidine rings is 2. The molecule has 2 saturated heterocycles. The molecule has 10 nitrogen and oxygen atoms in total. The number of anilines is 5. The number of hydrogen-bond acceptors (Lipinski definition) is 9. The molecule has 2 aliphatic rings. The third kappa shape index (κ3) is 6.59. The SMILES string of the molecule is O=S(=O)(Cc1ccccc1)Nc1ccc(Nc2nc(N3CCCCC3)nc(N3CCCCC3)n2)cc1O. The molecule has 2 aromatic carbocycles. The maximum Gasteiger partial charge on any atom is 0.237 e. The predicted octanol–water partition coefficient (Wildman–Crippen LogP) is 4.24. The van der Waals surface area contributed by atoms with Crippen molar-refractivity contribution in [2.24, 2.45) is 0 Å². The minimum absolute atomic E-state index is 0.111. The van der Waals surface area contributed by atoms with Crippen LogP contribution in [0.2, 0.25) is 0 Å². The number of nitrogens with zero attached hydrogens (tertiary/aromatic N) is 5. The summed E-state index contributed by atoms with van der Waals surface area (Å²) in [6.07, 6.45) is 6.89. The summed E-state index contributed by atoms with van der Waals surface area (Å²) in [4.78, 5) is 18.5. The molecule has 11 heteroatoms. The van der Waals surface area contributed by atoms with Crippen LogP contribution in [0.3, 0.4) is 0 Å². The van der Waals surface area contributed by atoms with E-state index < -0.39 is 10.0 Å². The molecule has 0 atom stereocenters. The maximum atomic E-state index is 12.6. The molecule has 196 valence electrons. The van der Waals surface area contributed by atoms with Gasteiger partial charge in [-0.1, -0.05) is 30.3 Å². The third-order valence-electron chi connectivity index (χ3n) is 6.61. The minimum Gasteiger partial charge on any atom is -0.506 e. The Morgan fingerprint density at radius 2 is 1.38 bits per heavy atom. The fourth-order valence-electron chi connectivity index (χ4n) is 4.70. The van der Waals surface area contributed by atoms with Gasteiger partial charge in [0.2, 0.25) is 27.9 Å². The van der Waals surface area contributed by atoms with Crippen LogP contribution in [0, 0.1) is 0 Å². The monoisotopic (exact) mass is 523 g/mol. The first-order valence-electron chi connectivity index (χ1n) is 12.9. The van der Waals surface area contributed by atoms with E-state index in [1.807, 2.05) is 6.07 Å². The van der Waals surface area contributed by atoms with Crippen molar-refractivity contribution in [3.63, 3.8) is 0 Å². The van der Waals surface area contributed by atoms with Crippen molar-refractivity contribution in [3.8, 4) is 5.75 Å². The number of sulfonamides is 1. The lowest BCUT2D eigenvalue weighted by molar-refractivity contribution is 0.478. The van der Waals surface area contributed by atoms with Gasteiger partial charge in [-0.05, 0) is 56.2 Å². The molecule has 1 aromatic heterocycles. The number of phenols is 1. The average Bonchev–Trinajstić information content (AvgIpc) is 2.91. The topological polar surface area (TPSA) is 124 Å². The van der Waals surface area contributed by atoms with Crippen LogP contribution in [-0.4, -0.2) is 54.7 Å². The Kier molecular flexibility index (Phi) is 7.59.